The molecule has 3 nitrogen and oxygen atoms in total. The Bertz CT molecular complexity index is 577. The largest absolute Gasteiger partial charge is 0.469 e. The first-order chi connectivity index (χ1) is 9.08. The molecule has 0 atom stereocenters. The summed E-state index contributed by atoms with van der Waals surface area (Å²) in [5, 5.41) is 0. The van der Waals surface area contributed by atoms with Crippen LogP contribution in [0, 0.1) is 12.7 Å². The summed E-state index contributed by atoms with van der Waals surface area (Å²) in [6.07, 6.45) is 1.62. The Kier molecular flexibility index (Phi) is 4.12. The second-order valence-electron chi connectivity index (χ2n) is 4.58. The Balaban J connectivity index is 2.00. The van der Waals surface area contributed by atoms with E-state index in [1.54, 1.807) is 18.4 Å². The average Bonchev–Trinajstić information content (AvgIpc) is 2.75. The zero-order valence-corrected chi connectivity index (χ0v) is 11.0. The molecule has 0 saturated heterocycles. The van der Waals surface area contributed by atoms with Gasteiger partial charge in [0.05, 0.1) is 18.4 Å². The molecule has 2 rings (SSSR count). The van der Waals surface area contributed by atoms with Crippen molar-refractivity contribution in [3.63, 3.8) is 0 Å². The summed E-state index contributed by atoms with van der Waals surface area (Å²) < 4.78 is 18.7. The van der Waals surface area contributed by atoms with Crippen molar-refractivity contribution in [2.24, 2.45) is 0 Å². The fraction of sp³-hybridized carbons (Fsp3) is 0.267. The molecule has 2 aromatic rings. The number of hydrogen-bond acceptors (Lipinski definition) is 3. The first-order valence-electron chi connectivity index (χ1n) is 6.07. The predicted molar refractivity (Wildman–Crippen MR) is 70.5 cm³/mol. The highest BCUT2D eigenvalue weighted by Gasteiger charge is 2.14. The number of hydrogen-bond donors (Lipinski definition) is 0. The molecule has 0 aliphatic carbocycles. The second-order valence-corrected chi connectivity index (χ2v) is 4.58. The summed E-state index contributed by atoms with van der Waals surface area (Å²) in [7, 11) is 1.82. The van der Waals surface area contributed by atoms with Gasteiger partial charge < -0.3 is 4.42 Å². The van der Waals surface area contributed by atoms with Gasteiger partial charge in [-0.3, -0.25) is 9.69 Å². The minimum Gasteiger partial charge on any atom is -0.469 e. The Hall–Kier alpha value is -1.94. The van der Waals surface area contributed by atoms with Gasteiger partial charge in [0.15, 0.2) is 5.78 Å². The van der Waals surface area contributed by atoms with Crippen LogP contribution in [0.3, 0.4) is 0 Å². The van der Waals surface area contributed by atoms with E-state index in [4.69, 9.17) is 4.42 Å². The number of halogens is 1. The minimum absolute atomic E-state index is 0.137. The van der Waals surface area contributed by atoms with E-state index in [0.717, 1.165) is 11.3 Å². The number of carbonyl (C=O) groups excluding carboxylic acids is 1. The number of likely N-dealkylation sites (N-methyl/N-ethyl adjacent to an activating group) is 1. The van der Waals surface area contributed by atoms with Crippen LogP contribution in [0.15, 0.2) is 41.0 Å². The topological polar surface area (TPSA) is 33.5 Å². The van der Waals surface area contributed by atoms with E-state index in [-0.39, 0.29) is 17.9 Å². The van der Waals surface area contributed by atoms with Gasteiger partial charge in [-0.15, -0.1) is 0 Å². The molecule has 0 radical (unpaired) electrons. The third kappa shape index (κ3) is 3.29. The molecule has 0 fully saturated rings. The van der Waals surface area contributed by atoms with Crippen LogP contribution in [-0.2, 0) is 6.54 Å². The molecule has 0 N–H and O–H groups in total. The lowest BCUT2D eigenvalue weighted by Gasteiger charge is -2.15. The standard InChI is InChI=1S/C15H16FNO2/c1-11-12(7-8-19-11)9-17(2)10-15(18)13-5-3-4-6-14(13)16/h3-8H,9-10H2,1-2H3. The van der Waals surface area contributed by atoms with Gasteiger partial charge in [-0.25, -0.2) is 4.39 Å². The Morgan fingerprint density at radius 2 is 2.05 bits per heavy atom. The fourth-order valence-electron chi connectivity index (χ4n) is 1.94. The number of carbonyl (C=O) groups is 1. The zero-order chi connectivity index (χ0) is 13.8. The average molecular weight is 261 g/mol. The maximum Gasteiger partial charge on any atom is 0.179 e. The number of Topliss-reactive ketones (excluding diaryl/α,β-unsaturated/α-hetero) is 1. The van der Waals surface area contributed by atoms with Crippen LogP contribution < -0.4 is 0 Å². The molecule has 1 aromatic heterocycles. The smallest absolute Gasteiger partial charge is 0.179 e. The lowest BCUT2D eigenvalue weighted by atomic mass is 10.1. The van der Waals surface area contributed by atoms with Crippen molar-refractivity contribution in [1.82, 2.24) is 4.90 Å². The van der Waals surface area contributed by atoms with Gasteiger partial charge in [-0.05, 0) is 32.2 Å². The van der Waals surface area contributed by atoms with Crippen LogP contribution in [0.2, 0.25) is 0 Å². The fourth-order valence-corrected chi connectivity index (χ4v) is 1.94. The molecule has 0 bridgehead atoms. The van der Waals surface area contributed by atoms with Gasteiger partial charge in [0.2, 0.25) is 0 Å². The predicted octanol–water partition coefficient (Wildman–Crippen LogP) is 3.04. The molecule has 0 unspecified atom stereocenters. The van der Waals surface area contributed by atoms with Crippen molar-refractivity contribution in [3.05, 3.63) is 59.3 Å². The third-order valence-electron chi connectivity index (χ3n) is 2.99. The van der Waals surface area contributed by atoms with Gasteiger partial charge in [0.1, 0.15) is 11.6 Å². The number of benzene rings is 1. The van der Waals surface area contributed by atoms with Gasteiger partial charge >= 0.3 is 0 Å². The quantitative estimate of drug-likeness (QED) is 0.776. The molecule has 0 spiro atoms. The summed E-state index contributed by atoms with van der Waals surface area (Å²) in [6.45, 7) is 2.65. The maximum absolute atomic E-state index is 13.5. The van der Waals surface area contributed by atoms with Crippen LogP contribution in [0.4, 0.5) is 4.39 Å². The second kappa shape index (κ2) is 5.80. The van der Waals surface area contributed by atoms with Gasteiger partial charge in [-0.1, -0.05) is 12.1 Å². The molecule has 100 valence electrons. The Labute approximate surface area is 111 Å². The molecular weight excluding hydrogens is 245 g/mol. The molecule has 0 amide bonds. The summed E-state index contributed by atoms with van der Waals surface area (Å²) in [5.74, 6) is 0.146. The normalized spacial score (nSPS) is 10.9. The van der Waals surface area contributed by atoms with Crippen molar-refractivity contribution < 1.29 is 13.6 Å². The molecule has 19 heavy (non-hydrogen) atoms. The van der Waals surface area contributed by atoms with Crippen LogP contribution in [0.25, 0.3) is 0 Å². The summed E-state index contributed by atoms with van der Waals surface area (Å²) in [4.78, 5) is 13.8. The lowest BCUT2D eigenvalue weighted by Crippen LogP contribution is -2.26. The third-order valence-corrected chi connectivity index (χ3v) is 2.99. The van der Waals surface area contributed by atoms with E-state index in [1.165, 1.54) is 12.1 Å². The van der Waals surface area contributed by atoms with Gasteiger partial charge in [0, 0.05) is 12.1 Å². The van der Waals surface area contributed by atoms with Crippen molar-refractivity contribution in [2.45, 2.75) is 13.5 Å². The Morgan fingerprint density at radius 3 is 2.68 bits per heavy atom. The van der Waals surface area contributed by atoms with Crippen molar-refractivity contribution >= 4 is 5.78 Å². The van der Waals surface area contributed by atoms with Crippen LogP contribution in [0.1, 0.15) is 21.7 Å². The SMILES string of the molecule is Cc1occc1CN(C)CC(=O)c1ccccc1F. The van der Waals surface area contributed by atoms with Crippen molar-refractivity contribution in [3.8, 4) is 0 Å². The van der Waals surface area contributed by atoms with E-state index in [9.17, 15) is 9.18 Å². The number of rotatable bonds is 5. The number of aryl methyl sites for hydroxylation is 1. The van der Waals surface area contributed by atoms with E-state index in [1.807, 2.05) is 24.9 Å². The summed E-state index contributed by atoms with van der Waals surface area (Å²) in [5.41, 5.74) is 1.17. The molecule has 0 aliphatic heterocycles. The molecule has 4 heteroatoms. The zero-order valence-electron chi connectivity index (χ0n) is 11.0. The highest BCUT2D eigenvalue weighted by molar-refractivity contribution is 5.97. The van der Waals surface area contributed by atoms with Crippen LogP contribution in [0.5, 0.6) is 0 Å². The van der Waals surface area contributed by atoms with Crippen molar-refractivity contribution in [1.29, 1.82) is 0 Å². The highest BCUT2D eigenvalue weighted by Crippen LogP contribution is 2.12. The molecule has 1 heterocycles. The minimum atomic E-state index is -0.472. The van der Waals surface area contributed by atoms with E-state index >= 15 is 0 Å². The van der Waals surface area contributed by atoms with Crippen molar-refractivity contribution in [2.75, 3.05) is 13.6 Å². The van der Waals surface area contributed by atoms with Gasteiger partial charge in [-0.2, -0.15) is 0 Å². The first-order valence-corrected chi connectivity index (χ1v) is 6.07. The maximum atomic E-state index is 13.5. The first kappa shape index (κ1) is 13.5. The highest BCUT2D eigenvalue weighted by atomic mass is 19.1. The Morgan fingerprint density at radius 1 is 1.32 bits per heavy atom. The van der Waals surface area contributed by atoms with E-state index < -0.39 is 5.82 Å². The monoisotopic (exact) mass is 261 g/mol. The lowest BCUT2D eigenvalue weighted by molar-refractivity contribution is 0.0938. The van der Waals surface area contributed by atoms with Gasteiger partial charge in [0.25, 0.3) is 0 Å². The molecule has 1 aromatic carbocycles. The van der Waals surface area contributed by atoms with E-state index in [0.29, 0.717) is 6.54 Å². The molecule has 0 aliphatic rings. The van der Waals surface area contributed by atoms with Crippen LogP contribution >= 0.6 is 0 Å². The molecule has 0 saturated carbocycles. The number of ketones is 1. The summed E-state index contributed by atoms with van der Waals surface area (Å²) >= 11 is 0. The van der Waals surface area contributed by atoms with Crippen LogP contribution in [-0.4, -0.2) is 24.3 Å². The number of nitrogens with zero attached hydrogens (tertiary/aromatic N) is 1. The summed E-state index contributed by atoms with van der Waals surface area (Å²) in [6, 6.07) is 7.92. The molecular formula is C15H16FNO2. The van der Waals surface area contributed by atoms with E-state index in [2.05, 4.69) is 0 Å². The number of furan rings is 1.